The van der Waals surface area contributed by atoms with E-state index >= 15 is 0 Å². The van der Waals surface area contributed by atoms with Crippen molar-refractivity contribution < 1.29 is 48.3 Å². The first-order chi connectivity index (χ1) is 36.1. The summed E-state index contributed by atoms with van der Waals surface area (Å²) >= 11 is 4.60. The summed E-state index contributed by atoms with van der Waals surface area (Å²) in [4.78, 5) is 76.8. The van der Waals surface area contributed by atoms with E-state index in [1.54, 1.807) is 34.6 Å². The Morgan fingerprint density at radius 1 is 0.640 bits per heavy atom. The molecule has 4 fully saturated rings. The molecule has 1 amide bonds. The second-order valence-electron chi connectivity index (χ2n) is 19.3. The predicted octanol–water partition coefficient (Wildman–Crippen LogP) is 6.98. The van der Waals surface area contributed by atoms with Gasteiger partial charge >= 0.3 is 23.5 Å². The van der Waals surface area contributed by atoms with Crippen LogP contribution in [0, 0.1) is 0 Å². The molecule has 0 aromatic carbocycles. The largest absolute Gasteiger partial charge is 0.488 e. The van der Waals surface area contributed by atoms with E-state index in [0.717, 1.165) is 92.4 Å². The number of aromatic carboxylic acids is 2. The Morgan fingerprint density at radius 3 is 1.37 bits per heavy atom. The van der Waals surface area contributed by atoms with Crippen LogP contribution in [0.5, 0.6) is 11.5 Å². The van der Waals surface area contributed by atoms with E-state index in [1.165, 1.54) is 39.2 Å². The fraction of sp³-hybridized carbons (Fsp3) is 0.520. The summed E-state index contributed by atoms with van der Waals surface area (Å²) < 4.78 is 25.0. The molecule has 0 atom stereocenters. The number of ether oxygens (including phenoxy) is 4. The van der Waals surface area contributed by atoms with Crippen LogP contribution >= 0.6 is 11.6 Å². The molecule has 400 valence electrons. The number of hydrogen-bond donors (Lipinski definition) is 3. The minimum Gasteiger partial charge on any atom is -0.488 e. The van der Waals surface area contributed by atoms with Crippen molar-refractivity contribution in [1.29, 1.82) is 0 Å². The molecule has 0 unspecified atom stereocenters. The molecule has 3 N–H and O–H groups in total. The summed E-state index contributed by atoms with van der Waals surface area (Å²) in [6.45, 7) is 2.99. The molecule has 0 spiro atoms. The highest BCUT2D eigenvalue weighted by molar-refractivity contribution is 6.61. The summed E-state index contributed by atoms with van der Waals surface area (Å²) in [6.07, 6.45) is 17.3. The van der Waals surface area contributed by atoms with E-state index < -0.39 is 17.4 Å². The fourth-order valence-electron chi connectivity index (χ4n) is 9.48. The molecular formula is C50H63ClN14O10. The van der Waals surface area contributed by atoms with Crippen molar-refractivity contribution in [2.75, 3.05) is 78.4 Å². The summed E-state index contributed by atoms with van der Waals surface area (Å²) in [5.41, 5.74) is 3.45. The van der Waals surface area contributed by atoms with Gasteiger partial charge in [-0.05, 0) is 25.7 Å². The number of amides is 1. The van der Waals surface area contributed by atoms with E-state index in [0.29, 0.717) is 53.2 Å². The van der Waals surface area contributed by atoms with Gasteiger partial charge in [0.15, 0.2) is 22.7 Å². The van der Waals surface area contributed by atoms with Crippen LogP contribution < -0.4 is 24.6 Å². The minimum absolute atomic E-state index is 0.0334. The van der Waals surface area contributed by atoms with Crippen LogP contribution in [0.1, 0.15) is 132 Å². The Labute approximate surface area is 437 Å². The van der Waals surface area contributed by atoms with Crippen LogP contribution in [0.25, 0.3) is 22.1 Å². The Balaban J connectivity index is 0.000000184. The van der Waals surface area contributed by atoms with Crippen LogP contribution in [0.2, 0.25) is 0 Å². The molecule has 25 heteroatoms. The maximum atomic E-state index is 12.0. The number of likely N-dealkylation sites (tertiary alicyclic amines) is 1. The van der Waals surface area contributed by atoms with Crippen molar-refractivity contribution in [3.8, 4) is 11.5 Å². The van der Waals surface area contributed by atoms with Crippen molar-refractivity contribution in [2.45, 2.75) is 101 Å². The number of carbonyl (C=O) groups excluding carboxylic acids is 2. The summed E-state index contributed by atoms with van der Waals surface area (Å²) in [5, 5.41) is 34.3. The normalized spacial score (nSPS) is 16.1. The highest BCUT2D eigenvalue weighted by Gasteiger charge is 2.38. The second-order valence-corrected chi connectivity index (χ2v) is 19.6. The van der Waals surface area contributed by atoms with E-state index in [1.807, 2.05) is 42.5 Å². The van der Waals surface area contributed by atoms with Crippen LogP contribution in [0.15, 0.2) is 36.9 Å². The van der Waals surface area contributed by atoms with Crippen LogP contribution in [0.3, 0.4) is 0 Å². The van der Waals surface area contributed by atoms with Gasteiger partial charge in [-0.15, -0.1) is 0 Å². The Bertz CT molecular complexity index is 2970. The van der Waals surface area contributed by atoms with E-state index in [-0.39, 0.29) is 54.6 Å². The molecule has 6 aromatic rings. The Kier molecular flexibility index (Phi) is 17.4. The lowest BCUT2D eigenvalue weighted by atomic mass is 9.94. The number of methoxy groups -OCH3 is 2. The zero-order chi connectivity index (χ0) is 53.3. The van der Waals surface area contributed by atoms with Gasteiger partial charge in [0.2, 0.25) is 11.9 Å². The number of rotatable bonds is 14. The van der Waals surface area contributed by atoms with Gasteiger partial charge < -0.3 is 49.2 Å². The number of nitrogens with one attached hydrogen (secondary N) is 1. The first-order valence-electron chi connectivity index (χ1n) is 25.0. The summed E-state index contributed by atoms with van der Waals surface area (Å²) in [6, 6.07) is 3.34. The highest BCUT2D eigenvalue weighted by atomic mass is 35.5. The Hall–Kier alpha value is -7.47. The molecule has 0 bridgehead atoms. The zero-order valence-electron chi connectivity index (χ0n) is 42.9. The molecule has 24 nitrogen and oxygen atoms in total. The SMILES string of the molecule is CN(C)c1ncc(COc2cc(C(=O)O)nc3c2c(C2CNC2)nn3C2CCCCC2)cn1.COC(=O)Cl.COC(=O)N1CC(c2nn(C3CCCCC3)c3nc(C(=O)O)cc(OCc4cnc(N(C)C)nc4)c23)C1. The molecule has 2 saturated heterocycles. The molecule has 8 heterocycles. The molecule has 10 rings (SSSR count). The lowest BCUT2D eigenvalue weighted by Gasteiger charge is -2.37. The highest BCUT2D eigenvalue weighted by Crippen LogP contribution is 2.41. The van der Waals surface area contributed by atoms with Crippen molar-refractivity contribution >= 4 is 69.0 Å². The van der Waals surface area contributed by atoms with Gasteiger partial charge in [-0.1, -0.05) is 38.5 Å². The first-order valence-corrected chi connectivity index (χ1v) is 25.3. The second kappa shape index (κ2) is 24.3. The standard InChI is InChI=1S/C25H31N7O5.C23H29N7O3.C2H3ClO2/c1-30(2)24-26-10-15(11-27-24)14-37-19-9-18(23(33)34)28-22-20(19)21(16-12-31(13-16)25(35)36-3)29-32(22)17-7-5-4-6-8-17;1-29(2)23-25-9-14(10-26-23)13-33-18-8-17(22(31)32)27-21-19(18)20(15-11-24-12-15)28-30(21)16-6-4-3-5-7-16;1-5-2(3)4/h9-11,16-17H,4-8,12-14H2,1-3H3,(H,33,34);8-10,15-16,24H,3-7,11-13H2,1-2H3,(H,31,32);1H3. The Morgan fingerprint density at radius 2 is 1.04 bits per heavy atom. The summed E-state index contributed by atoms with van der Waals surface area (Å²) in [7, 11) is 10.1. The third-order valence-electron chi connectivity index (χ3n) is 13.6. The minimum atomic E-state index is -1.14. The van der Waals surface area contributed by atoms with E-state index in [2.05, 4.69) is 51.6 Å². The lowest BCUT2D eigenvalue weighted by molar-refractivity contribution is 0.0679. The number of fused-ring (bicyclic) bond motifs is 2. The third-order valence-corrected chi connectivity index (χ3v) is 13.7. The first kappa shape index (κ1) is 53.8. The van der Waals surface area contributed by atoms with Crippen molar-refractivity contribution in [2.24, 2.45) is 0 Å². The topological polar surface area (TPSA) is 280 Å². The van der Waals surface area contributed by atoms with Gasteiger partial charge in [0, 0.05) is 126 Å². The molecule has 75 heavy (non-hydrogen) atoms. The smallest absolute Gasteiger partial charge is 0.409 e. The van der Waals surface area contributed by atoms with Gasteiger partial charge in [0.05, 0.1) is 48.5 Å². The van der Waals surface area contributed by atoms with Gasteiger partial charge in [0.25, 0.3) is 0 Å². The molecule has 0 radical (unpaired) electrons. The average Bonchev–Trinajstić information content (AvgIpc) is 3.96. The quantitative estimate of drug-likeness (QED) is 0.0927. The number of carboxylic acids is 2. The lowest BCUT2D eigenvalue weighted by Crippen LogP contribution is -2.48. The van der Waals surface area contributed by atoms with Crippen LogP contribution in [0.4, 0.5) is 21.5 Å². The number of halogens is 1. The number of carboxylic acid groups (broad SMARTS) is 2. The van der Waals surface area contributed by atoms with Crippen molar-refractivity contribution in [1.82, 2.24) is 59.7 Å². The zero-order valence-corrected chi connectivity index (χ0v) is 43.7. The molecule has 4 aliphatic rings. The average molecular weight is 1060 g/mol. The van der Waals surface area contributed by atoms with Crippen molar-refractivity contribution in [3.05, 3.63) is 70.8 Å². The van der Waals surface area contributed by atoms with Crippen molar-refractivity contribution in [3.63, 3.8) is 0 Å². The number of anilines is 2. The molecule has 2 aliphatic heterocycles. The number of nitrogens with zero attached hydrogens (tertiary/aromatic N) is 13. The number of hydrogen-bond acceptors (Lipinski definition) is 19. The maximum absolute atomic E-state index is 12.0. The molecule has 6 aromatic heterocycles. The number of aromatic nitrogens is 10. The van der Waals surface area contributed by atoms with Crippen LogP contribution in [-0.2, 0) is 22.7 Å². The fourth-order valence-corrected chi connectivity index (χ4v) is 9.48. The van der Waals surface area contributed by atoms with Crippen LogP contribution in [-0.4, -0.2) is 157 Å². The number of pyridine rings is 2. The molecule has 2 saturated carbocycles. The molecule has 2 aliphatic carbocycles. The molecular weight excluding hydrogens is 992 g/mol. The van der Waals surface area contributed by atoms with Gasteiger partial charge in [-0.2, -0.15) is 10.2 Å². The van der Waals surface area contributed by atoms with E-state index in [4.69, 9.17) is 24.4 Å². The summed E-state index contributed by atoms with van der Waals surface area (Å²) in [5.74, 6) is 0.109. The number of carbonyl (C=O) groups is 4. The van der Waals surface area contributed by atoms with Gasteiger partial charge in [0.1, 0.15) is 24.7 Å². The van der Waals surface area contributed by atoms with E-state index in [9.17, 15) is 29.4 Å². The van der Waals surface area contributed by atoms with Gasteiger partial charge in [-0.3, -0.25) is 0 Å². The third kappa shape index (κ3) is 12.6. The van der Waals surface area contributed by atoms with Gasteiger partial charge in [-0.25, -0.2) is 58.4 Å². The maximum Gasteiger partial charge on any atom is 0.409 e. The monoisotopic (exact) mass is 1050 g/mol. The predicted molar refractivity (Wildman–Crippen MR) is 275 cm³/mol.